The summed E-state index contributed by atoms with van der Waals surface area (Å²) in [5.41, 5.74) is 11.4. The number of nitrogens with two attached hydrogens (primary N) is 2. The number of nitrogens with zero attached hydrogens (tertiary/aromatic N) is 1. The van der Waals surface area contributed by atoms with Gasteiger partial charge in [0.25, 0.3) is 0 Å². The molecule has 0 aromatic heterocycles. The van der Waals surface area contributed by atoms with E-state index in [0.717, 1.165) is 10.8 Å². The van der Waals surface area contributed by atoms with Crippen LogP contribution in [0.3, 0.4) is 0 Å². The summed E-state index contributed by atoms with van der Waals surface area (Å²) in [6, 6.07) is 9.45. The van der Waals surface area contributed by atoms with Crippen LogP contribution in [0.5, 0.6) is 0 Å². The molecule has 248 valence electrons. The number of carbonyl (C=O) groups is 7. The minimum absolute atomic E-state index is 0.0330. The first-order valence-corrected chi connectivity index (χ1v) is 15.3. The smallest absolute Gasteiger partial charge is 0.303 e. The second kappa shape index (κ2) is 17.2. The van der Waals surface area contributed by atoms with E-state index in [9.17, 15) is 33.6 Å². The molecule has 0 saturated carbocycles. The van der Waals surface area contributed by atoms with Crippen LogP contribution < -0.4 is 22.1 Å². The highest BCUT2D eigenvalue weighted by Crippen LogP contribution is 2.20. The number of carboxylic acid groups (broad SMARTS) is 1. The Bertz CT molecular complexity index is 1470. The number of halogens is 1. The number of ether oxygens (including phenoxy) is 1. The lowest BCUT2D eigenvalue weighted by molar-refractivity contribution is -0.151. The normalized spacial score (nSPS) is 16.5. The lowest BCUT2D eigenvalue weighted by Gasteiger charge is -2.37. The van der Waals surface area contributed by atoms with Gasteiger partial charge >= 0.3 is 5.97 Å². The summed E-state index contributed by atoms with van der Waals surface area (Å²) in [5, 5.41) is 16.1. The van der Waals surface area contributed by atoms with Crippen LogP contribution in [0.2, 0.25) is 0 Å². The van der Waals surface area contributed by atoms with Crippen LogP contribution in [-0.2, 0) is 44.7 Å². The van der Waals surface area contributed by atoms with E-state index in [1.807, 2.05) is 36.4 Å². The zero-order chi connectivity index (χ0) is 33.8. The Hall–Kier alpha value is -4.56. The van der Waals surface area contributed by atoms with Gasteiger partial charge in [-0.2, -0.15) is 0 Å². The number of carbonyl (C=O) groups excluding carboxylic acids is 6. The molecule has 1 aliphatic rings. The number of fused-ring (bicyclic) bond motifs is 1. The highest BCUT2D eigenvalue weighted by atomic mass is 35.5. The van der Waals surface area contributed by atoms with Crippen molar-refractivity contribution in [3.05, 3.63) is 48.0 Å². The number of amides is 5. The van der Waals surface area contributed by atoms with E-state index >= 15 is 0 Å². The molecule has 2 aromatic carbocycles. The molecule has 46 heavy (non-hydrogen) atoms. The molecule has 1 fully saturated rings. The minimum Gasteiger partial charge on any atom is -0.481 e. The third-order valence-corrected chi connectivity index (χ3v) is 7.91. The molecule has 0 radical (unpaired) electrons. The third kappa shape index (κ3) is 10.5. The fourth-order valence-electron chi connectivity index (χ4n) is 5.20. The number of hydrogen-bond donors (Lipinski definition) is 5. The van der Waals surface area contributed by atoms with E-state index in [1.165, 1.54) is 4.90 Å². The Morgan fingerprint density at radius 3 is 2.33 bits per heavy atom. The zero-order valence-corrected chi connectivity index (χ0v) is 25.9. The molecule has 7 N–H and O–H groups in total. The van der Waals surface area contributed by atoms with Crippen LogP contribution in [0, 0.1) is 5.92 Å². The van der Waals surface area contributed by atoms with Crippen molar-refractivity contribution < 1.29 is 43.4 Å². The summed E-state index contributed by atoms with van der Waals surface area (Å²) in [5.74, 6) is -6.78. The van der Waals surface area contributed by atoms with Crippen LogP contribution in [-0.4, -0.2) is 95.1 Å². The van der Waals surface area contributed by atoms with Crippen LogP contribution in [0.4, 0.5) is 0 Å². The highest BCUT2D eigenvalue weighted by Gasteiger charge is 2.38. The first kappa shape index (κ1) is 35.9. The number of hydrogen-bond acceptors (Lipinski definition) is 8. The average molecular weight is 660 g/mol. The lowest BCUT2D eigenvalue weighted by atomic mass is 9.90. The van der Waals surface area contributed by atoms with Gasteiger partial charge < -0.3 is 36.8 Å². The van der Waals surface area contributed by atoms with Gasteiger partial charge in [0.05, 0.1) is 19.3 Å². The highest BCUT2D eigenvalue weighted by molar-refractivity contribution is 6.27. The maximum atomic E-state index is 13.7. The van der Waals surface area contributed by atoms with Gasteiger partial charge in [-0.3, -0.25) is 33.6 Å². The number of aliphatic carboxylic acids is 1. The summed E-state index contributed by atoms with van der Waals surface area (Å²) in [6.45, 7) is -0.201. The van der Waals surface area contributed by atoms with Gasteiger partial charge in [-0.25, -0.2) is 0 Å². The third-order valence-electron chi connectivity index (χ3n) is 7.66. The zero-order valence-electron chi connectivity index (χ0n) is 25.1. The Morgan fingerprint density at radius 1 is 0.957 bits per heavy atom. The van der Waals surface area contributed by atoms with Gasteiger partial charge in [-0.1, -0.05) is 42.5 Å². The number of ketones is 1. The fourth-order valence-corrected chi connectivity index (χ4v) is 5.28. The summed E-state index contributed by atoms with van der Waals surface area (Å²) < 4.78 is 5.48. The first-order valence-electron chi connectivity index (χ1n) is 14.7. The van der Waals surface area contributed by atoms with Crippen molar-refractivity contribution in [3.63, 3.8) is 0 Å². The minimum atomic E-state index is -1.27. The number of alkyl halides is 1. The van der Waals surface area contributed by atoms with Gasteiger partial charge in [-0.05, 0) is 35.6 Å². The lowest BCUT2D eigenvalue weighted by Crippen LogP contribution is -2.61. The molecular weight excluding hydrogens is 622 g/mol. The summed E-state index contributed by atoms with van der Waals surface area (Å²) >= 11 is 5.58. The predicted octanol–water partition coefficient (Wildman–Crippen LogP) is 0.00910. The average Bonchev–Trinajstić information content (AvgIpc) is 3.03. The number of Topliss-reactive ketones (excluding diaryl/α,β-unsaturated/α-hetero) is 1. The summed E-state index contributed by atoms with van der Waals surface area (Å²) in [7, 11) is 0. The quantitative estimate of drug-likeness (QED) is 0.144. The van der Waals surface area contributed by atoms with Gasteiger partial charge in [0.15, 0.2) is 5.78 Å². The summed E-state index contributed by atoms with van der Waals surface area (Å²) in [4.78, 5) is 88.8. The van der Waals surface area contributed by atoms with E-state index in [-0.39, 0.29) is 51.9 Å². The van der Waals surface area contributed by atoms with E-state index in [1.54, 1.807) is 6.07 Å². The predicted molar refractivity (Wildman–Crippen MR) is 166 cm³/mol. The Balaban J connectivity index is 1.88. The topological polar surface area (TPSA) is 228 Å². The molecular formula is C31H38ClN5O9. The Labute approximate surface area is 270 Å². The maximum absolute atomic E-state index is 13.7. The number of nitrogens with one attached hydrogen (secondary N) is 2. The van der Waals surface area contributed by atoms with Crippen molar-refractivity contribution in [3.8, 4) is 0 Å². The maximum Gasteiger partial charge on any atom is 0.303 e. The Kier molecular flexibility index (Phi) is 13.4. The van der Waals surface area contributed by atoms with Crippen LogP contribution in [0.15, 0.2) is 42.5 Å². The van der Waals surface area contributed by atoms with Gasteiger partial charge in [0, 0.05) is 31.7 Å². The van der Waals surface area contributed by atoms with Crippen molar-refractivity contribution in [2.45, 2.75) is 56.7 Å². The van der Waals surface area contributed by atoms with E-state index in [2.05, 4.69) is 10.6 Å². The molecule has 14 nitrogen and oxygen atoms in total. The molecule has 5 amide bonds. The molecule has 4 atom stereocenters. The van der Waals surface area contributed by atoms with Crippen molar-refractivity contribution >= 4 is 63.7 Å². The van der Waals surface area contributed by atoms with Crippen molar-refractivity contribution in [1.29, 1.82) is 0 Å². The molecule has 2 aromatic rings. The van der Waals surface area contributed by atoms with E-state index in [4.69, 9.17) is 32.9 Å². The molecule has 1 heterocycles. The number of carboxylic acids is 1. The van der Waals surface area contributed by atoms with Crippen molar-refractivity contribution in [2.75, 3.05) is 25.6 Å². The monoisotopic (exact) mass is 659 g/mol. The summed E-state index contributed by atoms with van der Waals surface area (Å²) in [6.07, 6.45) is -1.22. The van der Waals surface area contributed by atoms with Crippen molar-refractivity contribution in [1.82, 2.24) is 15.5 Å². The second-order valence-corrected chi connectivity index (χ2v) is 11.3. The number of primary amides is 2. The number of rotatable bonds is 17. The number of benzene rings is 2. The molecule has 15 heteroatoms. The molecule has 0 bridgehead atoms. The van der Waals surface area contributed by atoms with Gasteiger partial charge in [-0.15, -0.1) is 11.6 Å². The van der Waals surface area contributed by atoms with Gasteiger partial charge in [0.2, 0.25) is 29.5 Å². The molecule has 3 rings (SSSR count). The van der Waals surface area contributed by atoms with Gasteiger partial charge in [0.1, 0.15) is 18.0 Å². The molecule has 0 spiro atoms. The SMILES string of the molecule is NC(=O)CC[C@H](CC(=O)[C@H](Cc1ccc2ccccc2c1)NC(=O)[C@@H]1COCCN1C(=O)[C@H](CCC(=O)O)NC(=O)CCl)C(N)=O. The van der Waals surface area contributed by atoms with Crippen LogP contribution in [0.25, 0.3) is 10.8 Å². The fraction of sp³-hybridized carbons (Fsp3) is 0.452. The van der Waals surface area contributed by atoms with Crippen LogP contribution in [0.1, 0.15) is 37.7 Å². The standard InChI is InChI=1S/C31H38ClN5O9/c32-16-27(40)35-22(8-10-28(41)42)31(45)37-11-12-46-17-24(37)30(44)36-23(25(38)15-21(29(34)43)7-9-26(33)39)14-18-5-6-19-3-1-2-4-20(19)13-18/h1-6,13,21-24H,7-12,14-17H2,(H2,33,39)(H2,34,43)(H,35,40)(H,36,44)(H,41,42)/t21-,22+,23+,24+/m1/s1. The number of morpholine rings is 1. The van der Waals surface area contributed by atoms with Crippen molar-refractivity contribution in [2.24, 2.45) is 17.4 Å². The van der Waals surface area contributed by atoms with E-state index < -0.39 is 77.6 Å². The van der Waals surface area contributed by atoms with E-state index in [0.29, 0.717) is 5.56 Å². The largest absolute Gasteiger partial charge is 0.481 e. The second-order valence-electron chi connectivity index (χ2n) is 11.0. The Morgan fingerprint density at radius 2 is 1.67 bits per heavy atom. The molecule has 1 aliphatic heterocycles. The van der Waals surface area contributed by atoms with Crippen LogP contribution >= 0.6 is 11.6 Å². The molecule has 0 aliphatic carbocycles. The first-order chi connectivity index (χ1) is 21.9. The molecule has 1 saturated heterocycles. The molecule has 0 unspecified atom stereocenters.